The number of benzene rings is 2. The number of hydrogen-bond acceptors (Lipinski definition) is 14. The largest absolute Gasteiger partial charge is 0.409 e. The first-order valence-corrected chi connectivity index (χ1v) is 28.7. The van der Waals surface area contributed by atoms with Crippen molar-refractivity contribution in [3.63, 3.8) is 0 Å². The predicted molar refractivity (Wildman–Crippen MR) is 271 cm³/mol. The zero-order valence-electron chi connectivity index (χ0n) is 42.4. The minimum Gasteiger partial charge on any atom is -0.409 e. The van der Waals surface area contributed by atoms with Crippen molar-refractivity contribution in [1.29, 1.82) is 0 Å². The molecule has 4 N–H and O–H groups in total. The van der Waals surface area contributed by atoms with E-state index in [1.54, 1.807) is 18.8 Å². The summed E-state index contributed by atoms with van der Waals surface area (Å²) in [4.78, 5) is 24.2. The zero-order valence-corrected chi connectivity index (χ0v) is 44.4. The first-order chi connectivity index (χ1) is 32.7. The summed E-state index contributed by atoms with van der Waals surface area (Å²) in [5.41, 5.74) is 9.00. The van der Waals surface area contributed by atoms with Crippen molar-refractivity contribution in [2.24, 2.45) is 0 Å². The average molecular weight is 984 g/mol. The molecule has 1 saturated heterocycles. The summed E-state index contributed by atoms with van der Waals surface area (Å²) in [6, 6.07) is 17.7. The third-order valence-electron chi connectivity index (χ3n) is 13.2. The lowest BCUT2D eigenvalue weighted by Gasteiger charge is -2.43. The molecule has 0 saturated carbocycles. The number of aromatic amines is 1. The van der Waals surface area contributed by atoms with Crippen molar-refractivity contribution >= 4 is 44.1 Å². The summed E-state index contributed by atoms with van der Waals surface area (Å²) in [5.74, 6) is -0.0572. The number of nitrogens with two attached hydrogens (primary N) is 1. The molecule has 1 aliphatic heterocycles. The van der Waals surface area contributed by atoms with Gasteiger partial charge in [-0.1, -0.05) is 104 Å². The summed E-state index contributed by atoms with van der Waals surface area (Å²) in [6.45, 7) is 23.8. The number of aliphatic hydroxyl groups is 1. The number of aliphatic hydroxyl groups excluding tert-OH is 1. The number of nitrogens with one attached hydrogen (secondary N) is 1. The normalized spacial score (nSPS) is 18.1. The molecule has 5 rings (SSSR count). The van der Waals surface area contributed by atoms with Gasteiger partial charge in [-0.3, -0.25) is 14.3 Å². The molecule has 4 atom stereocenters. The van der Waals surface area contributed by atoms with Gasteiger partial charge in [-0.05, 0) is 69.3 Å². The van der Waals surface area contributed by atoms with Crippen LogP contribution in [0.5, 0.6) is 0 Å². The second-order valence-electron chi connectivity index (χ2n) is 19.0. The Balaban J connectivity index is 1.39. The number of hydrogen-bond donors (Lipinski definition) is 3. The number of methoxy groups -OCH3 is 2. The number of aromatic nitrogens is 4. The molecule has 4 aromatic rings. The van der Waals surface area contributed by atoms with E-state index in [9.17, 15) is 9.90 Å². The van der Waals surface area contributed by atoms with E-state index < -0.39 is 46.7 Å². The van der Waals surface area contributed by atoms with Gasteiger partial charge in [0.25, 0.3) is 5.56 Å². The summed E-state index contributed by atoms with van der Waals surface area (Å²) in [5, 5.41) is 14.9. The Morgan fingerprint density at radius 3 is 1.62 bits per heavy atom. The van der Waals surface area contributed by atoms with E-state index in [-0.39, 0.29) is 45.9 Å². The Bertz CT molecular complexity index is 2100. The highest BCUT2D eigenvalue weighted by atomic mass is 28.4. The van der Waals surface area contributed by atoms with E-state index in [0.717, 1.165) is 30.9 Å². The van der Waals surface area contributed by atoms with Gasteiger partial charge in [0, 0.05) is 27.4 Å². The third kappa shape index (κ3) is 13.9. The highest BCUT2D eigenvalue weighted by Crippen LogP contribution is 2.42. The number of aryl methyl sites for hydroxylation is 2. The van der Waals surface area contributed by atoms with Gasteiger partial charge in [0.1, 0.15) is 18.3 Å². The Morgan fingerprint density at radius 2 is 1.15 bits per heavy atom. The lowest BCUT2D eigenvalue weighted by Crippen LogP contribution is -2.61. The van der Waals surface area contributed by atoms with Crippen LogP contribution in [0.3, 0.4) is 0 Å². The van der Waals surface area contributed by atoms with Crippen molar-refractivity contribution in [2.75, 3.05) is 92.6 Å². The summed E-state index contributed by atoms with van der Waals surface area (Å²) >= 11 is 0. The second kappa shape index (κ2) is 27.3. The number of fused-ring (bicyclic) bond motifs is 1. The SMILES string of the molecule is COCCOCCOCCCc1ccc([Si](OC[C@H]2O[C@@H](n3cnc4c(=O)[nH]c(N)nc43)[C@H](O)[C@@H]2O[Si](c2ccc(CCCOCCOCCOC)cc2)(C(C)C)C(C)C)(C(C)C)C(C)C)cc1. The monoisotopic (exact) mass is 984 g/mol. The molecular weight excluding hydrogens is 903 g/mol. The molecule has 0 aliphatic carbocycles. The Labute approximate surface area is 406 Å². The maximum Gasteiger partial charge on any atom is 0.280 e. The molecule has 380 valence electrons. The van der Waals surface area contributed by atoms with Crippen molar-refractivity contribution in [2.45, 2.75) is 128 Å². The van der Waals surface area contributed by atoms with Gasteiger partial charge in [-0.15, -0.1) is 0 Å². The number of ether oxygens (including phenoxy) is 7. The quantitative estimate of drug-likeness (QED) is 0.0385. The minimum absolute atomic E-state index is 0.0572. The summed E-state index contributed by atoms with van der Waals surface area (Å²) in [6.07, 6.45) is 1.41. The fourth-order valence-corrected chi connectivity index (χ4v) is 19.2. The van der Waals surface area contributed by atoms with Gasteiger partial charge in [0.2, 0.25) is 22.6 Å². The lowest BCUT2D eigenvalue weighted by molar-refractivity contribution is -0.0485. The molecule has 0 bridgehead atoms. The molecule has 16 nitrogen and oxygen atoms in total. The van der Waals surface area contributed by atoms with Crippen LogP contribution in [0.2, 0.25) is 22.2 Å². The van der Waals surface area contributed by atoms with Gasteiger partial charge in [-0.25, -0.2) is 4.98 Å². The van der Waals surface area contributed by atoms with E-state index in [2.05, 4.69) is 119 Å². The molecule has 0 radical (unpaired) electrons. The van der Waals surface area contributed by atoms with E-state index in [1.807, 2.05) is 0 Å². The van der Waals surface area contributed by atoms with Crippen molar-refractivity contribution in [3.8, 4) is 0 Å². The molecule has 18 heteroatoms. The highest BCUT2D eigenvalue weighted by molar-refractivity contribution is 6.89. The second-order valence-corrected chi connectivity index (χ2v) is 28.4. The molecule has 0 unspecified atom stereocenters. The van der Waals surface area contributed by atoms with Crippen LogP contribution in [-0.2, 0) is 54.9 Å². The van der Waals surface area contributed by atoms with Gasteiger partial charge >= 0.3 is 0 Å². The lowest BCUT2D eigenvalue weighted by atomic mass is 10.1. The van der Waals surface area contributed by atoms with E-state index in [0.29, 0.717) is 66.1 Å². The standard InChI is InChI=1S/C50H81N5O11Si2/c1-35(2)67(36(3)4,41-19-15-39(16-20-41)13-11-23-60-29-31-62-27-25-58-9)64-33-43-46(45(56)49(65-43)55-34-52-44-47(55)53-50(51)54-48(44)57)66-68(37(5)6,38(7)8)42-21-17-40(18-22-42)14-12-24-61-30-32-63-28-26-59-10/h15-22,34-38,43,45-46,49,56H,11-14,23-33H2,1-10H3,(H3,51,53,54,57)/t43-,45-,46-,49-/m1/s1. The zero-order chi connectivity index (χ0) is 49.3. The molecular formula is C50H81N5O11Si2. The van der Waals surface area contributed by atoms with Crippen LogP contribution in [0.1, 0.15) is 85.6 Å². The van der Waals surface area contributed by atoms with Crippen molar-refractivity contribution < 1.29 is 47.1 Å². The predicted octanol–water partition coefficient (Wildman–Crippen LogP) is 5.93. The molecule has 1 aliphatic rings. The maximum absolute atomic E-state index is 12.9. The van der Waals surface area contributed by atoms with Crippen LogP contribution in [0.4, 0.5) is 5.95 Å². The Hall–Kier alpha value is -3.38. The number of nitrogens with zero attached hydrogens (tertiary/aromatic N) is 3. The Morgan fingerprint density at radius 1 is 0.691 bits per heavy atom. The van der Waals surface area contributed by atoms with Crippen LogP contribution in [0.25, 0.3) is 11.2 Å². The number of imidazole rings is 1. The minimum atomic E-state index is -2.93. The summed E-state index contributed by atoms with van der Waals surface area (Å²) in [7, 11) is -2.35. The molecule has 2 aromatic heterocycles. The highest BCUT2D eigenvalue weighted by Gasteiger charge is 2.55. The first-order valence-electron chi connectivity index (χ1n) is 24.6. The molecule has 3 heterocycles. The van der Waals surface area contributed by atoms with Crippen LogP contribution >= 0.6 is 0 Å². The van der Waals surface area contributed by atoms with E-state index >= 15 is 0 Å². The fourth-order valence-electron chi connectivity index (χ4n) is 9.78. The molecule has 68 heavy (non-hydrogen) atoms. The van der Waals surface area contributed by atoms with Crippen LogP contribution in [0, 0.1) is 0 Å². The molecule has 1 fully saturated rings. The van der Waals surface area contributed by atoms with Crippen molar-refractivity contribution in [3.05, 3.63) is 76.3 Å². The first kappa shape index (κ1) is 55.5. The van der Waals surface area contributed by atoms with Crippen LogP contribution < -0.4 is 21.7 Å². The molecule has 0 spiro atoms. The number of H-pyrrole nitrogens is 1. The van der Waals surface area contributed by atoms with Gasteiger partial charge in [-0.2, -0.15) is 4.98 Å². The smallest absolute Gasteiger partial charge is 0.280 e. The fraction of sp³-hybridized carbons (Fsp3) is 0.660. The van der Waals surface area contributed by atoms with E-state index in [4.69, 9.17) is 47.7 Å². The van der Waals surface area contributed by atoms with Gasteiger partial charge < -0.3 is 52.9 Å². The molecule has 2 aromatic carbocycles. The molecule has 0 amide bonds. The topological polar surface area (TPSA) is 193 Å². The van der Waals surface area contributed by atoms with E-state index in [1.165, 1.54) is 22.6 Å². The summed E-state index contributed by atoms with van der Waals surface area (Å²) < 4.78 is 56.2. The third-order valence-corrected chi connectivity index (χ3v) is 23.8. The Kier molecular flexibility index (Phi) is 22.3. The van der Waals surface area contributed by atoms with Crippen molar-refractivity contribution in [1.82, 2.24) is 19.5 Å². The average Bonchev–Trinajstić information content (AvgIpc) is 3.86. The number of anilines is 1. The van der Waals surface area contributed by atoms with Gasteiger partial charge in [0.15, 0.2) is 17.4 Å². The van der Waals surface area contributed by atoms with Crippen LogP contribution in [-0.4, -0.2) is 146 Å². The maximum atomic E-state index is 12.9. The number of nitrogen functional groups attached to an aromatic ring is 1. The van der Waals surface area contributed by atoms with Gasteiger partial charge in [0.05, 0.1) is 65.8 Å². The number of rotatable bonds is 32. The van der Waals surface area contributed by atoms with Crippen LogP contribution in [0.15, 0.2) is 59.7 Å².